The van der Waals surface area contributed by atoms with E-state index in [1.165, 1.54) is 89.9 Å². The molecule has 0 saturated heterocycles. The highest BCUT2D eigenvalue weighted by Crippen LogP contribution is 2.14. The van der Waals surface area contributed by atoms with Crippen LogP contribution >= 0.6 is 0 Å². The maximum atomic E-state index is 9.19. The molecular weight excluding hydrogens is 300 g/mol. The lowest BCUT2D eigenvalue weighted by molar-refractivity contribution is -0.00382. The summed E-state index contributed by atoms with van der Waals surface area (Å²) in [5.41, 5.74) is 0. The second kappa shape index (κ2) is 19.2. The first-order valence-electron chi connectivity index (χ1n) is 10.6. The van der Waals surface area contributed by atoms with E-state index in [4.69, 9.17) is 9.84 Å². The lowest BCUT2D eigenvalue weighted by Crippen LogP contribution is -2.21. The van der Waals surface area contributed by atoms with Crippen LogP contribution in [0.4, 0.5) is 0 Å². The van der Waals surface area contributed by atoms with Crippen LogP contribution in [-0.2, 0) is 4.74 Å². The summed E-state index contributed by atoms with van der Waals surface area (Å²) < 4.78 is 5.40. The number of rotatable bonds is 19. The molecule has 0 aliphatic heterocycles. The van der Waals surface area contributed by atoms with E-state index in [9.17, 15) is 5.11 Å². The van der Waals surface area contributed by atoms with E-state index >= 15 is 0 Å². The van der Waals surface area contributed by atoms with Crippen LogP contribution in [0.2, 0.25) is 0 Å². The zero-order valence-corrected chi connectivity index (χ0v) is 16.5. The Morgan fingerprint density at radius 2 is 1.17 bits per heavy atom. The Morgan fingerprint density at radius 1 is 0.708 bits per heavy atom. The van der Waals surface area contributed by atoms with E-state index < -0.39 is 6.10 Å². The predicted molar refractivity (Wildman–Crippen MR) is 103 cm³/mol. The van der Waals surface area contributed by atoms with Crippen LogP contribution in [0.1, 0.15) is 104 Å². The smallest absolute Gasteiger partial charge is 0.100 e. The van der Waals surface area contributed by atoms with Crippen LogP contribution in [0.5, 0.6) is 0 Å². The highest BCUT2D eigenvalue weighted by molar-refractivity contribution is 4.55. The summed E-state index contributed by atoms with van der Waals surface area (Å²) in [6.45, 7) is 5.20. The van der Waals surface area contributed by atoms with Crippen LogP contribution < -0.4 is 0 Å². The fourth-order valence-electron chi connectivity index (χ4n) is 3.05. The average molecular weight is 345 g/mol. The Bertz CT molecular complexity index is 233. The molecular formula is C21H44O3. The van der Waals surface area contributed by atoms with Crippen molar-refractivity contribution in [2.24, 2.45) is 5.92 Å². The molecule has 0 aromatic heterocycles. The molecule has 0 spiro atoms. The first-order chi connectivity index (χ1) is 11.7. The van der Waals surface area contributed by atoms with Gasteiger partial charge in [-0.15, -0.1) is 0 Å². The first-order valence-corrected chi connectivity index (χ1v) is 10.6. The first kappa shape index (κ1) is 23.9. The topological polar surface area (TPSA) is 49.7 Å². The van der Waals surface area contributed by atoms with E-state index in [1.54, 1.807) is 0 Å². The van der Waals surface area contributed by atoms with E-state index in [1.807, 2.05) is 0 Å². The Hall–Kier alpha value is -0.120. The predicted octanol–water partition coefficient (Wildman–Crippen LogP) is 5.47. The maximum absolute atomic E-state index is 9.19. The number of ether oxygens (including phenoxy) is 1. The number of hydrogen-bond donors (Lipinski definition) is 2. The van der Waals surface area contributed by atoms with Crippen molar-refractivity contribution in [1.29, 1.82) is 0 Å². The summed E-state index contributed by atoms with van der Waals surface area (Å²) in [7, 11) is 0. The molecule has 0 aliphatic rings. The van der Waals surface area contributed by atoms with Crippen molar-refractivity contribution in [2.75, 3.05) is 19.8 Å². The third-order valence-corrected chi connectivity index (χ3v) is 4.72. The minimum atomic E-state index is -0.728. The standard InChI is InChI=1S/C21H44O3/c1-3-4-5-6-7-8-9-10-11-12-13-14-15-16-20(2)18-24-19-21(23)17-22/h20-23H,3-19H2,1-2H3. The maximum Gasteiger partial charge on any atom is 0.100 e. The van der Waals surface area contributed by atoms with Crippen LogP contribution in [0.3, 0.4) is 0 Å². The van der Waals surface area contributed by atoms with Gasteiger partial charge in [-0.25, -0.2) is 0 Å². The Kier molecular flexibility index (Phi) is 19.1. The average Bonchev–Trinajstić information content (AvgIpc) is 2.58. The van der Waals surface area contributed by atoms with Gasteiger partial charge in [0.1, 0.15) is 6.10 Å². The fraction of sp³-hybridized carbons (Fsp3) is 1.00. The van der Waals surface area contributed by atoms with Gasteiger partial charge in [0.25, 0.3) is 0 Å². The van der Waals surface area contributed by atoms with Crippen molar-refractivity contribution in [1.82, 2.24) is 0 Å². The number of hydrogen-bond acceptors (Lipinski definition) is 3. The molecule has 0 amide bonds. The summed E-state index contributed by atoms with van der Waals surface area (Å²) >= 11 is 0. The molecule has 2 unspecified atom stereocenters. The molecule has 0 bridgehead atoms. The van der Waals surface area contributed by atoms with Crippen molar-refractivity contribution in [3.8, 4) is 0 Å². The molecule has 2 atom stereocenters. The number of aliphatic hydroxyl groups is 2. The minimum absolute atomic E-state index is 0.215. The lowest BCUT2D eigenvalue weighted by Gasteiger charge is -2.13. The third kappa shape index (κ3) is 18.2. The highest BCUT2D eigenvalue weighted by atomic mass is 16.5. The van der Waals surface area contributed by atoms with Crippen LogP contribution in [0.25, 0.3) is 0 Å². The van der Waals surface area contributed by atoms with Crippen molar-refractivity contribution in [3.63, 3.8) is 0 Å². The zero-order valence-electron chi connectivity index (χ0n) is 16.5. The molecule has 2 N–H and O–H groups in total. The van der Waals surface area contributed by atoms with Crippen LogP contribution in [0, 0.1) is 5.92 Å². The SMILES string of the molecule is CCCCCCCCCCCCCCCC(C)COCC(O)CO. The monoisotopic (exact) mass is 344 g/mol. The normalized spacial score (nSPS) is 14.0. The third-order valence-electron chi connectivity index (χ3n) is 4.72. The molecule has 0 aromatic carbocycles. The molecule has 0 rings (SSSR count). The Balaban J connectivity index is 3.13. The van der Waals surface area contributed by atoms with E-state index in [0.29, 0.717) is 12.5 Å². The van der Waals surface area contributed by atoms with Gasteiger partial charge in [-0.1, -0.05) is 97.3 Å². The summed E-state index contributed by atoms with van der Waals surface area (Å²) in [6.07, 6.45) is 18.6. The van der Waals surface area contributed by atoms with Crippen molar-refractivity contribution in [2.45, 2.75) is 110 Å². The molecule has 146 valence electrons. The van der Waals surface area contributed by atoms with Gasteiger partial charge < -0.3 is 14.9 Å². The second-order valence-electron chi connectivity index (χ2n) is 7.51. The summed E-state index contributed by atoms with van der Waals surface area (Å²) in [5, 5.41) is 17.9. The molecule has 0 aromatic rings. The minimum Gasteiger partial charge on any atom is -0.394 e. The zero-order chi connectivity index (χ0) is 17.9. The van der Waals surface area contributed by atoms with E-state index in [0.717, 1.165) is 0 Å². The lowest BCUT2D eigenvalue weighted by atomic mass is 10.0. The highest BCUT2D eigenvalue weighted by Gasteiger charge is 2.05. The molecule has 0 radical (unpaired) electrons. The number of aliphatic hydroxyl groups excluding tert-OH is 2. The largest absolute Gasteiger partial charge is 0.394 e. The van der Waals surface area contributed by atoms with E-state index in [2.05, 4.69) is 13.8 Å². The summed E-state index contributed by atoms with van der Waals surface area (Å²) in [4.78, 5) is 0. The fourth-order valence-corrected chi connectivity index (χ4v) is 3.05. The molecule has 24 heavy (non-hydrogen) atoms. The van der Waals surface area contributed by atoms with Crippen LogP contribution in [-0.4, -0.2) is 36.1 Å². The van der Waals surface area contributed by atoms with Gasteiger partial charge in [0.15, 0.2) is 0 Å². The Labute approximate surface area is 151 Å². The van der Waals surface area contributed by atoms with Gasteiger partial charge in [0.05, 0.1) is 13.2 Å². The second-order valence-corrected chi connectivity index (χ2v) is 7.51. The van der Waals surface area contributed by atoms with Gasteiger partial charge in [-0.2, -0.15) is 0 Å². The molecule has 3 nitrogen and oxygen atoms in total. The molecule has 0 saturated carbocycles. The van der Waals surface area contributed by atoms with E-state index in [-0.39, 0.29) is 13.2 Å². The van der Waals surface area contributed by atoms with Crippen LogP contribution in [0.15, 0.2) is 0 Å². The molecule has 0 aliphatic carbocycles. The van der Waals surface area contributed by atoms with Gasteiger partial charge in [-0.3, -0.25) is 0 Å². The van der Waals surface area contributed by atoms with Crippen molar-refractivity contribution >= 4 is 0 Å². The van der Waals surface area contributed by atoms with Gasteiger partial charge in [0, 0.05) is 6.61 Å². The molecule has 0 heterocycles. The van der Waals surface area contributed by atoms with Crippen molar-refractivity contribution < 1.29 is 14.9 Å². The summed E-state index contributed by atoms with van der Waals surface area (Å²) in [6, 6.07) is 0. The molecule has 0 fully saturated rings. The van der Waals surface area contributed by atoms with Crippen molar-refractivity contribution in [3.05, 3.63) is 0 Å². The van der Waals surface area contributed by atoms with Gasteiger partial charge in [0.2, 0.25) is 0 Å². The quantitative estimate of drug-likeness (QED) is 0.305. The van der Waals surface area contributed by atoms with Gasteiger partial charge in [-0.05, 0) is 12.3 Å². The summed E-state index contributed by atoms with van der Waals surface area (Å²) in [5.74, 6) is 0.545. The number of unbranched alkanes of at least 4 members (excludes halogenated alkanes) is 12. The molecule has 3 heteroatoms. The van der Waals surface area contributed by atoms with Gasteiger partial charge >= 0.3 is 0 Å². The Morgan fingerprint density at radius 3 is 1.62 bits per heavy atom.